The third kappa shape index (κ3) is 3.93. The zero-order chi connectivity index (χ0) is 19.6. The van der Waals surface area contributed by atoms with Gasteiger partial charge < -0.3 is 4.90 Å². The number of carbonyl (C=O) groups excluding carboxylic acids is 1. The van der Waals surface area contributed by atoms with Crippen molar-refractivity contribution in [2.45, 2.75) is 32.0 Å². The molecule has 3 aromatic rings. The van der Waals surface area contributed by atoms with Gasteiger partial charge in [-0.15, -0.1) is 5.10 Å². The Morgan fingerprint density at radius 3 is 2.81 bits per heavy atom. The van der Waals surface area contributed by atoms with E-state index in [-0.39, 0.29) is 12.3 Å². The summed E-state index contributed by atoms with van der Waals surface area (Å²) in [6.45, 7) is 4.26. The standard InChI is InChI=1S/C19H20N6OS/c1-12-16(13(2)25-18(21-12)22-19(23-25)27-4)9-17(26)24(3)11-15-7-5-6-14(8-15)10-20/h5-8H,9,11H2,1-4H3. The van der Waals surface area contributed by atoms with Crippen molar-refractivity contribution in [1.29, 1.82) is 5.26 Å². The summed E-state index contributed by atoms with van der Waals surface area (Å²) in [5.74, 6) is 0.530. The van der Waals surface area contributed by atoms with Crippen LogP contribution in [0, 0.1) is 25.2 Å². The van der Waals surface area contributed by atoms with E-state index in [9.17, 15) is 4.79 Å². The number of aryl methyl sites for hydroxylation is 2. The molecule has 0 unspecified atom stereocenters. The predicted octanol–water partition coefficient (Wildman–Crippen LogP) is 2.54. The minimum Gasteiger partial charge on any atom is -0.341 e. The number of aromatic nitrogens is 4. The van der Waals surface area contributed by atoms with Crippen LogP contribution in [-0.4, -0.2) is 43.7 Å². The van der Waals surface area contributed by atoms with Crippen molar-refractivity contribution in [1.82, 2.24) is 24.5 Å². The molecule has 0 spiro atoms. The van der Waals surface area contributed by atoms with Gasteiger partial charge >= 0.3 is 0 Å². The Labute approximate surface area is 162 Å². The SMILES string of the molecule is CSc1nc2nc(C)c(CC(=O)N(C)Cc3cccc(C#N)c3)c(C)n2n1. The third-order valence-corrected chi connectivity index (χ3v) is 4.98. The highest BCUT2D eigenvalue weighted by Gasteiger charge is 2.18. The Balaban J connectivity index is 1.81. The molecule has 1 amide bonds. The lowest BCUT2D eigenvalue weighted by molar-refractivity contribution is -0.129. The van der Waals surface area contributed by atoms with Gasteiger partial charge in [0.05, 0.1) is 18.1 Å². The second-order valence-corrected chi connectivity index (χ2v) is 7.08. The van der Waals surface area contributed by atoms with Gasteiger partial charge in [0.2, 0.25) is 11.1 Å². The van der Waals surface area contributed by atoms with Crippen LogP contribution < -0.4 is 0 Å². The van der Waals surface area contributed by atoms with E-state index in [1.807, 2.05) is 32.2 Å². The highest BCUT2D eigenvalue weighted by atomic mass is 32.2. The number of nitrogens with zero attached hydrogens (tertiary/aromatic N) is 6. The first-order valence-electron chi connectivity index (χ1n) is 8.42. The Bertz CT molecular complexity index is 1050. The zero-order valence-corrected chi connectivity index (χ0v) is 16.5. The molecule has 0 aliphatic heterocycles. The number of benzene rings is 1. The van der Waals surface area contributed by atoms with Crippen molar-refractivity contribution in [3.05, 3.63) is 52.3 Å². The van der Waals surface area contributed by atoms with Crippen molar-refractivity contribution in [2.75, 3.05) is 13.3 Å². The summed E-state index contributed by atoms with van der Waals surface area (Å²) in [5.41, 5.74) is 4.03. The number of fused-ring (bicyclic) bond motifs is 1. The number of thioether (sulfide) groups is 1. The first-order valence-corrected chi connectivity index (χ1v) is 9.65. The van der Waals surface area contributed by atoms with Gasteiger partial charge in [0.25, 0.3) is 5.78 Å². The van der Waals surface area contributed by atoms with Crippen LogP contribution in [0.3, 0.4) is 0 Å². The molecule has 138 valence electrons. The molecule has 0 aliphatic rings. The van der Waals surface area contributed by atoms with Crippen LogP contribution in [0.25, 0.3) is 5.78 Å². The molecule has 3 rings (SSSR count). The van der Waals surface area contributed by atoms with Gasteiger partial charge in [-0.05, 0) is 37.8 Å². The minimum absolute atomic E-state index is 0.0186. The smallest absolute Gasteiger partial charge is 0.253 e. The largest absolute Gasteiger partial charge is 0.341 e. The fraction of sp³-hybridized carbons (Fsp3) is 0.316. The quantitative estimate of drug-likeness (QED) is 0.632. The molecule has 7 nitrogen and oxygen atoms in total. The van der Waals surface area contributed by atoms with Gasteiger partial charge in [0.15, 0.2) is 0 Å². The summed E-state index contributed by atoms with van der Waals surface area (Å²) in [6.07, 6.45) is 2.15. The van der Waals surface area contributed by atoms with Gasteiger partial charge in [0.1, 0.15) is 0 Å². The third-order valence-electron chi connectivity index (χ3n) is 4.44. The monoisotopic (exact) mass is 380 g/mol. The van der Waals surface area contributed by atoms with Gasteiger partial charge in [-0.2, -0.15) is 10.2 Å². The normalized spacial score (nSPS) is 10.8. The van der Waals surface area contributed by atoms with Crippen LogP contribution in [0.2, 0.25) is 0 Å². The molecular weight excluding hydrogens is 360 g/mol. The summed E-state index contributed by atoms with van der Waals surface area (Å²) in [5, 5.41) is 14.1. The first-order chi connectivity index (χ1) is 12.9. The van der Waals surface area contributed by atoms with E-state index in [1.54, 1.807) is 28.6 Å². The van der Waals surface area contributed by atoms with E-state index in [4.69, 9.17) is 5.26 Å². The fourth-order valence-electron chi connectivity index (χ4n) is 2.92. The molecule has 0 saturated carbocycles. The van der Waals surface area contributed by atoms with Crippen molar-refractivity contribution in [3.63, 3.8) is 0 Å². The van der Waals surface area contributed by atoms with Gasteiger partial charge in [-0.3, -0.25) is 4.79 Å². The van der Waals surface area contributed by atoms with E-state index >= 15 is 0 Å². The van der Waals surface area contributed by atoms with Crippen LogP contribution in [0.15, 0.2) is 29.4 Å². The summed E-state index contributed by atoms with van der Waals surface area (Å²) in [6, 6.07) is 9.40. The molecule has 0 N–H and O–H groups in total. The topological polar surface area (TPSA) is 87.2 Å². The molecule has 0 fully saturated rings. The number of hydrogen-bond donors (Lipinski definition) is 0. The molecule has 27 heavy (non-hydrogen) atoms. The fourth-order valence-corrected chi connectivity index (χ4v) is 3.26. The molecule has 2 heterocycles. The summed E-state index contributed by atoms with van der Waals surface area (Å²) < 4.78 is 1.69. The van der Waals surface area contributed by atoms with E-state index in [2.05, 4.69) is 21.1 Å². The Hall–Kier alpha value is -2.92. The molecule has 0 aliphatic carbocycles. The number of likely N-dealkylation sites (N-methyl/N-ethyl adjacent to an activating group) is 1. The lowest BCUT2D eigenvalue weighted by atomic mass is 10.1. The number of rotatable bonds is 5. The summed E-state index contributed by atoms with van der Waals surface area (Å²) in [7, 11) is 1.76. The van der Waals surface area contributed by atoms with Crippen molar-refractivity contribution < 1.29 is 4.79 Å². The lowest BCUT2D eigenvalue weighted by Crippen LogP contribution is -2.28. The first kappa shape index (κ1) is 18.9. The van der Waals surface area contributed by atoms with Crippen molar-refractivity contribution in [2.24, 2.45) is 0 Å². The average molecular weight is 380 g/mol. The number of amides is 1. The van der Waals surface area contributed by atoms with Crippen LogP contribution in [0.5, 0.6) is 0 Å². The Kier molecular flexibility index (Phi) is 5.42. The molecule has 1 aromatic carbocycles. The van der Waals surface area contributed by atoms with Crippen LogP contribution in [0.4, 0.5) is 0 Å². The van der Waals surface area contributed by atoms with Crippen molar-refractivity contribution >= 4 is 23.4 Å². The Morgan fingerprint density at radius 2 is 2.11 bits per heavy atom. The highest BCUT2D eigenvalue weighted by molar-refractivity contribution is 7.98. The van der Waals surface area contributed by atoms with Crippen LogP contribution in [0.1, 0.15) is 28.1 Å². The average Bonchev–Trinajstić information content (AvgIpc) is 3.08. The maximum atomic E-state index is 12.8. The Morgan fingerprint density at radius 1 is 1.33 bits per heavy atom. The second kappa shape index (κ2) is 7.76. The zero-order valence-electron chi connectivity index (χ0n) is 15.7. The highest BCUT2D eigenvalue weighted by Crippen LogP contribution is 2.18. The van der Waals surface area contributed by atoms with E-state index in [0.29, 0.717) is 23.0 Å². The molecule has 2 aromatic heterocycles. The molecule has 0 radical (unpaired) electrons. The summed E-state index contributed by atoms with van der Waals surface area (Å²) in [4.78, 5) is 23.3. The van der Waals surface area contributed by atoms with Crippen molar-refractivity contribution in [3.8, 4) is 6.07 Å². The minimum atomic E-state index is -0.0186. The van der Waals surface area contributed by atoms with Crippen LogP contribution >= 0.6 is 11.8 Å². The van der Waals surface area contributed by atoms with E-state index < -0.39 is 0 Å². The van der Waals surface area contributed by atoms with E-state index in [1.165, 1.54) is 11.8 Å². The lowest BCUT2D eigenvalue weighted by Gasteiger charge is -2.19. The van der Waals surface area contributed by atoms with Gasteiger partial charge in [0, 0.05) is 30.5 Å². The number of hydrogen-bond acceptors (Lipinski definition) is 6. The molecule has 0 saturated heterocycles. The number of nitriles is 1. The summed E-state index contributed by atoms with van der Waals surface area (Å²) >= 11 is 1.46. The molecule has 8 heteroatoms. The van der Waals surface area contributed by atoms with E-state index in [0.717, 1.165) is 22.5 Å². The maximum Gasteiger partial charge on any atom is 0.253 e. The number of carbonyl (C=O) groups is 1. The molecular formula is C19H20N6OS. The molecule has 0 atom stereocenters. The van der Waals surface area contributed by atoms with Crippen LogP contribution in [-0.2, 0) is 17.8 Å². The van der Waals surface area contributed by atoms with Gasteiger partial charge in [-0.25, -0.2) is 9.50 Å². The molecule has 0 bridgehead atoms. The predicted molar refractivity (Wildman–Crippen MR) is 103 cm³/mol. The van der Waals surface area contributed by atoms with Gasteiger partial charge in [-0.1, -0.05) is 23.9 Å². The second-order valence-electron chi connectivity index (χ2n) is 6.31. The maximum absolute atomic E-state index is 12.8.